The molecule has 4 N–H and O–H groups in total. The lowest BCUT2D eigenvalue weighted by molar-refractivity contribution is -0.130. The van der Waals surface area contributed by atoms with E-state index in [9.17, 15) is 4.79 Å². The van der Waals surface area contributed by atoms with E-state index in [4.69, 9.17) is 15.6 Å². The summed E-state index contributed by atoms with van der Waals surface area (Å²) in [5.74, 6) is -0.291. The number of hydrogen-bond donors (Lipinski definition) is 3. The molecule has 0 aliphatic carbocycles. The van der Waals surface area contributed by atoms with Crippen LogP contribution in [0.5, 0.6) is 0 Å². The number of nitrogens with one attached hydrogen (secondary N) is 1. The lowest BCUT2D eigenvalue weighted by Crippen LogP contribution is -2.42. The molecule has 0 bridgehead atoms. The first-order valence-electron chi connectivity index (χ1n) is 3.80. The molecule has 0 rings (SSSR count). The second-order valence-electron chi connectivity index (χ2n) is 2.55. The molecule has 5 nitrogen and oxygen atoms in total. The van der Waals surface area contributed by atoms with Crippen LogP contribution in [-0.2, 0) is 9.53 Å². The van der Waals surface area contributed by atoms with E-state index in [0.29, 0.717) is 0 Å². The highest BCUT2D eigenvalue weighted by molar-refractivity contribution is 5.80. The molecule has 0 aromatic carbocycles. The molecule has 0 radical (unpaired) electrons. The summed E-state index contributed by atoms with van der Waals surface area (Å²) in [5.41, 5.74) is 5.24. The Morgan fingerprint density at radius 2 is 2.33 bits per heavy atom. The molecular formula is C7H16N2O3. The lowest BCUT2D eigenvalue weighted by Gasteiger charge is -2.13. The van der Waals surface area contributed by atoms with Crippen molar-refractivity contribution in [2.75, 3.05) is 20.2 Å². The van der Waals surface area contributed by atoms with E-state index in [0.717, 1.165) is 0 Å². The number of amides is 1. The summed E-state index contributed by atoms with van der Waals surface area (Å²) < 4.78 is 4.77. The Morgan fingerprint density at radius 3 is 2.67 bits per heavy atom. The zero-order valence-electron chi connectivity index (χ0n) is 7.41. The number of carbonyl (C=O) groups excluding carboxylic acids is 1. The molecule has 0 saturated heterocycles. The molecule has 0 heterocycles. The summed E-state index contributed by atoms with van der Waals surface area (Å²) in [5, 5.41) is 11.3. The van der Waals surface area contributed by atoms with Crippen LogP contribution in [0.4, 0.5) is 0 Å². The summed E-state index contributed by atoms with van der Waals surface area (Å²) in [6.07, 6.45) is -1.17. The van der Waals surface area contributed by atoms with Gasteiger partial charge in [-0.05, 0) is 6.92 Å². The maximum Gasteiger partial charge on any atom is 0.250 e. The van der Waals surface area contributed by atoms with E-state index in [1.54, 1.807) is 6.92 Å². The molecule has 0 aliphatic rings. The summed E-state index contributed by atoms with van der Waals surface area (Å²) in [7, 11) is 1.42. The molecule has 12 heavy (non-hydrogen) atoms. The van der Waals surface area contributed by atoms with Crippen LogP contribution in [0.3, 0.4) is 0 Å². The topological polar surface area (TPSA) is 84.6 Å². The fourth-order valence-corrected chi connectivity index (χ4v) is 0.672. The maximum absolute atomic E-state index is 11.1. The SMILES string of the molecule is COC(CN)C(=O)NC[C@H](C)O. The van der Waals surface area contributed by atoms with Gasteiger partial charge in [0.25, 0.3) is 5.91 Å². The van der Waals surface area contributed by atoms with E-state index in [2.05, 4.69) is 5.32 Å². The van der Waals surface area contributed by atoms with Crippen molar-refractivity contribution >= 4 is 5.91 Å². The average molecular weight is 176 g/mol. The van der Waals surface area contributed by atoms with Gasteiger partial charge in [-0.2, -0.15) is 0 Å². The van der Waals surface area contributed by atoms with Crippen LogP contribution < -0.4 is 11.1 Å². The Balaban J connectivity index is 3.69. The third-order valence-corrected chi connectivity index (χ3v) is 1.36. The third-order valence-electron chi connectivity index (χ3n) is 1.36. The summed E-state index contributed by atoms with van der Waals surface area (Å²) >= 11 is 0. The highest BCUT2D eigenvalue weighted by atomic mass is 16.5. The smallest absolute Gasteiger partial charge is 0.250 e. The first-order chi connectivity index (χ1) is 5.61. The Morgan fingerprint density at radius 1 is 1.75 bits per heavy atom. The molecule has 0 aromatic heterocycles. The monoisotopic (exact) mass is 176 g/mol. The van der Waals surface area contributed by atoms with Crippen molar-refractivity contribution in [3.8, 4) is 0 Å². The van der Waals surface area contributed by atoms with E-state index in [1.165, 1.54) is 7.11 Å². The lowest BCUT2D eigenvalue weighted by atomic mass is 10.3. The van der Waals surface area contributed by atoms with Crippen molar-refractivity contribution < 1.29 is 14.6 Å². The minimum absolute atomic E-state index is 0.141. The zero-order valence-corrected chi connectivity index (χ0v) is 7.41. The van der Waals surface area contributed by atoms with Gasteiger partial charge >= 0.3 is 0 Å². The summed E-state index contributed by atoms with van der Waals surface area (Å²) in [4.78, 5) is 11.1. The second-order valence-corrected chi connectivity index (χ2v) is 2.55. The van der Waals surface area contributed by atoms with Gasteiger partial charge in [-0.3, -0.25) is 4.79 Å². The summed E-state index contributed by atoms with van der Waals surface area (Å²) in [6, 6.07) is 0. The van der Waals surface area contributed by atoms with Gasteiger partial charge in [0.2, 0.25) is 0 Å². The maximum atomic E-state index is 11.1. The van der Waals surface area contributed by atoms with Crippen LogP contribution >= 0.6 is 0 Å². The summed E-state index contributed by atoms with van der Waals surface area (Å²) in [6.45, 7) is 1.95. The standard InChI is InChI=1S/C7H16N2O3/c1-5(10)4-9-7(11)6(3-8)12-2/h5-6,10H,3-4,8H2,1-2H3,(H,9,11)/t5-,6?/m0/s1. The van der Waals surface area contributed by atoms with Crippen LogP contribution in [0.1, 0.15) is 6.92 Å². The fraction of sp³-hybridized carbons (Fsp3) is 0.857. The van der Waals surface area contributed by atoms with Gasteiger partial charge in [-0.15, -0.1) is 0 Å². The molecule has 0 spiro atoms. The van der Waals surface area contributed by atoms with Gasteiger partial charge in [-0.1, -0.05) is 0 Å². The van der Waals surface area contributed by atoms with Crippen LogP contribution in [0.25, 0.3) is 0 Å². The van der Waals surface area contributed by atoms with Crippen molar-refractivity contribution in [3.05, 3.63) is 0 Å². The normalized spacial score (nSPS) is 15.3. The minimum atomic E-state index is -0.622. The molecule has 2 atom stereocenters. The highest BCUT2D eigenvalue weighted by Crippen LogP contribution is 1.86. The van der Waals surface area contributed by atoms with Crippen LogP contribution in [0.2, 0.25) is 0 Å². The number of aliphatic hydroxyl groups excluding tert-OH is 1. The van der Waals surface area contributed by atoms with E-state index >= 15 is 0 Å². The fourth-order valence-electron chi connectivity index (χ4n) is 0.672. The average Bonchev–Trinajstić information content (AvgIpc) is 2.03. The molecule has 0 fully saturated rings. The first kappa shape index (κ1) is 11.4. The van der Waals surface area contributed by atoms with Crippen molar-refractivity contribution in [1.82, 2.24) is 5.32 Å². The van der Waals surface area contributed by atoms with Gasteiger partial charge in [0.05, 0.1) is 6.10 Å². The number of nitrogens with two attached hydrogens (primary N) is 1. The molecule has 1 unspecified atom stereocenters. The number of carbonyl (C=O) groups is 1. The Hall–Kier alpha value is -0.650. The van der Waals surface area contributed by atoms with E-state index in [-0.39, 0.29) is 19.0 Å². The largest absolute Gasteiger partial charge is 0.392 e. The molecule has 1 amide bonds. The Bertz CT molecular complexity index is 135. The predicted octanol–water partition coefficient (Wildman–Crippen LogP) is -1.54. The van der Waals surface area contributed by atoms with Gasteiger partial charge in [0, 0.05) is 20.2 Å². The van der Waals surface area contributed by atoms with Crippen molar-refractivity contribution in [2.45, 2.75) is 19.1 Å². The molecule has 5 heteroatoms. The number of aliphatic hydroxyl groups is 1. The molecule has 0 aromatic rings. The van der Waals surface area contributed by atoms with Crippen molar-refractivity contribution in [2.24, 2.45) is 5.73 Å². The predicted molar refractivity (Wildman–Crippen MR) is 44.5 cm³/mol. The quantitative estimate of drug-likeness (QED) is 0.474. The third kappa shape index (κ3) is 4.27. The van der Waals surface area contributed by atoms with Crippen LogP contribution in [0, 0.1) is 0 Å². The Labute approximate surface area is 71.9 Å². The van der Waals surface area contributed by atoms with Crippen LogP contribution in [-0.4, -0.2) is 43.4 Å². The molecule has 0 aliphatic heterocycles. The number of hydrogen-bond acceptors (Lipinski definition) is 4. The number of methoxy groups -OCH3 is 1. The molecule has 0 saturated carbocycles. The van der Waals surface area contributed by atoms with Gasteiger partial charge < -0.3 is 20.9 Å². The van der Waals surface area contributed by atoms with E-state index in [1.807, 2.05) is 0 Å². The number of ether oxygens (including phenoxy) is 1. The Kier molecular flexibility index (Phi) is 5.61. The van der Waals surface area contributed by atoms with Crippen molar-refractivity contribution in [3.63, 3.8) is 0 Å². The highest BCUT2D eigenvalue weighted by Gasteiger charge is 2.14. The van der Waals surface area contributed by atoms with Crippen molar-refractivity contribution in [1.29, 1.82) is 0 Å². The van der Waals surface area contributed by atoms with Crippen LogP contribution in [0.15, 0.2) is 0 Å². The molecular weight excluding hydrogens is 160 g/mol. The van der Waals surface area contributed by atoms with Gasteiger partial charge in [0.15, 0.2) is 0 Å². The minimum Gasteiger partial charge on any atom is -0.392 e. The zero-order chi connectivity index (χ0) is 9.56. The molecule has 72 valence electrons. The number of rotatable bonds is 5. The second kappa shape index (κ2) is 5.93. The van der Waals surface area contributed by atoms with E-state index < -0.39 is 12.2 Å². The van der Waals surface area contributed by atoms with Gasteiger partial charge in [0.1, 0.15) is 6.10 Å². The van der Waals surface area contributed by atoms with Gasteiger partial charge in [-0.25, -0.2) is 0 Å². The first-order valence-corrected chi connectivity index (χ1v) is 3.80.